The maximum atomic E-state index is 13.4. The molecule has 1 fully saturated rings. The Kier molecular flexibility index (Phi) is 6.22. The standard InChI is InChI=1S/C21H19F4NO3/c1-28-18-4-2-3-16(13-18)19(14-5-7-17(22)8-6-14)15-9-11-26(12-10-15)29-20(27)21(23,24)25/h2-8,13H,9-12H2,1H3. The van der Waals surface area contributed by atoms with Gasteiger partial charge in [-0.15, -0.1) is 5.06 Å². The Morgan fingerprint density at radius 2 is 1.66 bits per heavy atom. The number of hydrogen-bond donors (Lipinski definition) is 0. The lowest BCUT2D eigenvalue weighted by Crippen LogP contribution is -2.38. The van der Waals surface area contributed by atoms with Gasteiger partial charge in [-0.1, -0.05) is 29.8 Å². The van der Waals surface area contributed by atoms with E-state index in [2.05, 4.69) is 4.84 Å². The number of carbonyl (C=O) groups excluding carboxylic acids is 1. The van der Waals surface area contributed by atoms with E-state index in [1.54, 1.807) is 25.3 Å². The van der Waals surface area contributed by atoms with Gasteiger partial charge in [-0.3, -0.25) is 0 Å². The fraction of sp³-hybridized carbons (Fsp3) is 0.286. The Hall–Kier alpha value is -2.87. The van der Waals surface area contributed by atoms with E-state index in [-0.39, 0.29) is 18.9 Å². The molecule has 4 nitrogen and oxygen atoms in total. The topological polar surface area (TPSA) is 38.8 Å². The summed E-state index contributed by atoms with van der Waals surface area (Å²) in [6.45, 7) is 0.262. The molecule has 0 unspecified atom stereocenters. The lowest BCUT2D eigenvalue weighted by atomic mass is 9.88. The molecule has 154 valence electrons. The predicted molar refractivity (Wildman–Crippen MR) is 98.4 cm³/mol. The van der Waals surface area contributed by atoms with E-state index in [0.717, 1.165) is 27.3 Å². The monoisotopic (exact) mass is 409 g/mol. The highest BCUT2D eigenvalue weighted by Gasteiger charge is 2.42. The molecule has 0 N–H and O–H groups in total. The summed E-state index contributed by atoms with van der Waals surface area (Å²) >= 11 is 0. The third-order valence-corrected chi connectivity index (χ3v) is 4.61. The van der Waals surface area contributed by atoms with Gasteiger partial charge in [0.2, 0.25) is 0 Å². The highest BCUT2D eigenvalue weighted by Crippen LogP contribution is 2.34. The van der Waals surface area contributed by atoms with Gasteiger partial charge in [-0.2, -0.15) is 13.2 Å². The van der Waals surface area contributed by atoms with Crippen molar-refractivity contribution in [1.82, 2.24) is 5.06 Å². The number of methoxy groups -OCH3 is 1. The van der Waals surface area contributed by atoms with Crippen molar-refractivity contribution in [3.8, 4) is 5.75 Å². The first-order chi connectivity index (χ1) is 13.8. The van der Waals surface area contributed by atoms with Crippen molar-refractivity contribution in [2.75, 3.05) is 20.2 Å². The van der Waals surface area contributed by atoms with Crippen molar-refractivity contribution < 1.29 is 31.9 Å². The van der Waals surface area contributed by atoms with Crippen LogP contribution in [0.2, 0.25) is 0 Å². The molecule has 1 aliphatic rings. The number of piperidine rings is 1. The molecule has 1 aliphatic heterocycles. The summed E-state index contributed by atoms with van der Waals surface area (Å²) in [5.41, 5.74) is 3.48. The predicted octanol–water partition coefficient (Wildman–Crippen LogP) is 4.75. The first kappa shape index (κ1) is 20.9. The van der Waals surface area contributed by atoms with Crippen molar-refractivity contribution in [2.24, 2.45) is 0 Å². The molecule has 29 heavy (non-hydrogen) atoms. The van der Waals surface area contributed by atoms with Gasteiger partial charge in [-0.25, -0.2) is 9.18 Å². The molecule has 0 amide bonds. The Morgan fingerprint density at radius 3 is 2.24 bits per heavy atom. The largest absolute Gasteiger partial charge is 0.497 e. The maximum absolute atomic E-state index is 13.4. The highest BCUT2D eigenvalue weighted by molar-refractivity contribution is 5.83. The van der Waals surface area contributed by atoms with E-state index in [1.807, 2.05) is 18.2 Å². The van der Waals surface area contributed by atoms with Crippen LogP contribution in [0.25, 0.3) is 5.57 Å². The molecule has 0 saturated carbocycles. The molecule has 2 aromatic carbocycles. The molecule has 0 spiro atoms. The van der Waals surface area contributed by atoms with E-state index < -0.39 is 12.1 Å². The first-order valence-electron chi connectivity index (χ1n) is 8.94. The van der Waals surface area contributed by atoms with Gasteiger partial charge in [0.05, 0.1) is 7.11 Å². The van der Waals surface area contributed by atoms with Crippen LogP contribution in [0, 0.1) is 5.82 Å². The van der Waals surface area contributed by atoms with E-state index in [0.29, 0.717) is 18.6 Å². The number of nitrogens with zero attached hydrogens (tertiary/aromatic N) is 1. The molecule has 0 aromatic heterocycles. The van der Waals surface area contributed by atoms with Crippen LogP contribution in [0.4, 0.5) is 17.6 Å². The van der Waals surface area contributed by atoms with Crippen molar-refractivity contribution in [3.63, 3.8) is 0 Å². The number of benzene rings is 2. The number of rotatable bonds is 4. The minimum absolute atomic E-state index is 0.131. The first-order valence-corrected chi connectivity index (χ1v) is 8.94. The molecule has 0 radical (unpaired) electrons. The van der Waals surface area contributed by atoms with Gasteiger partial charge in [-0.05, 0) is 53.8 Å². The smallest absolute Gasteiger partial charge is 0.492 e. The third-order valence-electron chi connectivity index (χ3n) is 4.61. The second kappa shape index (κ2) is 8.65. The number of alkyl halides is 3. The Balaban J connectivity index is 1.89. The van der Waals surface area contributed by atoms with Crippen molar-refractivity contribution in [1.29, 1.82) is 0 Å². The number of halogens is 4. The summed E-state index contributed by atoms with van der Waals surface area (Å²) < 4.78 is 55.9. The molecule has 0 bridgehead atoms. The molecular weight excluding hydrogens is 390 g/mol. The molecule has 8 heteroatoms. The van der Waals surface area contributed by atoms with Crippen molar-refractivity contribution >= 4 is 11.5 Å². The van der Waals surface area contributed by atoms with E-state index in [4.69, 9.17) is 4.74 Å². The minimum atomic E-state index is -5.03. The van der Waals surface area contributed by atoms with Crippen molar-refractivity contribution in [2.45, 2.75) is 19.0 Å². The lowest BCUT2D eigenvalue weighted by molar-refractivity contribution is -0.239. The normalized spacial score (nSPS) is 15.1. The van der Waals surface area contributed by atoms with E-state index in [1.165, 1.54) is 12.1 Å². The molecule has 0 atom stereocenters. The zero-order chi connectivity index (χ0) is 21.0. The summed E-state index contributed by atoms with van der Waals surface area (Å²) in [6, 6.07) is 13.4. The Bertz CT molecular complexity index is 897. The highest BCUT2D eigenvalue weighted by atomic mass is 19.4. The van der Waals surface area contributed by atoms with Gasteiger partial charge >= 0.3 is 12.1 Å². The second-order valence-corrected chi connectivity index (χ2v) is 6.52. The zero-order valence-corrected chi connectivity index (χ0v) is 15.6. The molecule has 3 rings (SSSR count). The van der Waals surface area contributed by atoms with Crippen LogP contribution in [0.5, 0.6) is 5.75 Å². The van der Waals surface area contributed by atoms with Crippen LogP contribution in [-0.2, 0) is 9.63 Å². The molecule has 2 aromatic rings. The summed E-state index contributed by atoms with van der Waals surface area (Å²) in [6.07, 6.45) is -4.24. The Morgan fingerprint density at radius 1 is 1.00 bits per heavy atom. The second-order valence-electron chi connectivity index (χ2n) is 6.52. The minimum Gasteiger partial charge on any atom is -0.497 e. The summed E-state index contributed by atoms with van der Waals surface area (Å²) in [7, 11) is 1.55. The van der Waals surface area contributed by atoms with Crippen LogP contribution in [0.3, 0.4) is 0 Å². The molecule has 1 heterocycles. The quantitative estimate of drug-likeness (QED) is 0.683. The van der Waals surface area contributed by atoms with Gasteiger partial charge in [0.15, 0.2) is 0 Å². The fourth-order valence-corrected chi connectivity index (χ4v) is 3.24. The Labute approximate surface area is 165 Å². The SMILES string of the molecule is COc1cccc(C(=C2CCN(OC(=O)C(F)(F)F)CC2)c2ccc(F)cc2)c1. The molecule has 0 aliphatic carbocycles. The average molecular weight is 409 g/mol. The number of carbonyl (C=O) groups is 1. The van der Waals surface area contributed by atoms with E-state index >= 15 is 0 Å². The molecule has 1 saturated heterocycles. The van der Waals surface area contributed by atoms with Crippen LogP contribution in [-0.4, -0.2) is 37.4 Å². The third kappa shape index (κ3) is 5.14. The number of hydroxylamine groups is 2. The van der Waals surface area contributed by atoms with Crippen LogP contribution in [0.15, 0.2) is 54.1 Å². The van der Waals surface area contributed by atoms with Crippen LogP contribution >= 0.6 is 0 Å². The zero-order valence-electron chi connectivity index (χ0n) is 15.6. The number of ether oxygens (including phenoxy) is 1. The van der Waals surface area contributed by atoms with Crippen LogP contribution in [0.1, 0.15) is 24.0 Å². The maximum Gasteiger partial charge on any atom is 0.492 e. The van der Waals surface area contributed by atoms with E-state index in [9.17, 15) is 22.4 Å². The summed E-state index contributed by atoms with van der Waals surface area (Å²) in [5, 5.41) is 1.02. The number of hydrogen-bond acceptors (Lipinski definition) is 4. The summed E-state index contributed by atoms with van der Waals surface area (Å²) in [5.74, 6) is -1.94. The lowest BCUT2D eigenvalue weighted by Gasteiger charge is -2.29. The van der Waals surface area contributed by atoms with Gasteiger partial charge in [0.1, 0.15) is 11.6 Å². The van der Waals surface area contributed by atoms with Gasteiger partial charge < -0.3 is 9.57 Å². The molecular formula is C21H19F4NO3. The van der Waals surface area contributed by atoms with Gasteiger partial charge in [0, 0.05) is 13.1 Å². The summed E-state index contributed by atoms with van der Waals surface area (Å²) in [4.78, 5) is 15.5. The average Bonchev–Trinajstić information content (AvgIpc) is 2.70. The fourth-order valence-electron chi connectivity index (χ4n) is 3.24. The van der Waals surface area contributed by atoms with Gasteiger partial charge in [0.25, 0.3) is 0 Å². The van der Waals surface area contributed by atoms with Crippen molar-refractivity contribution in [3.05, 3.63) is 71.0 Å². The van der Waals surface area contributed by atoms with Crippen LogP contribution < -0.4 is 4.74 Å².